The number of halogens is 1. The number of nitrogens with one attached hydrogen (secondary N) is 1. The van der Waals surface area contributed by atoms with Crippen LogP contribution in [0.25, 0.3) is 0 Å². The second-order valence-corrected chi connectivity index (χ2v) is 3.95. The molecular formula is C12H9ClN2O2VY-2. The summed E-state index contributed by atoms with van der Waals surface area (Å²) in [6.45, 7) is 3.67. The summed E-state index contributed by atoms with van der Waals surface area (Å²) < 4.78 is 4.62. The Morgan fingerprint density at radius 3 is 2.68 bits per heavy atom. The average molecular weight is 389 g/mol. The Labute approximate surface area is 153 Å². The third kappa shape index (κ3) is 4.73. The monoisotopic (exact) mass is 388 g/mol. The van der Waals surface area contributed by atoms with Crippen LogP contribution in [0.3, 0.4) is 0 Å². The molecule has 2 radical (unpaired) electrons. The summed E-state index contributed by atoms with van der Waals surface area (Å²) in [6.07, 6.45) is 1.25. The Bertz CT molecular complexity index is 575. The van der Waals surface area contributed by atoms with E-state index in [-0.39, 0.29) is 68.0 Å². The Morgan fingerprint density at radius 1 is 1.47 bits per heavy atom. The van der Waals surface area contributed by atoms with Crippen LogP contribution >= 0.6 is 11.6 Å². The van der Waals surface area contributed by atoms with Gasteiger partial charge in [-0.15, -0.1) is 0 Å². The first-order valence-electron chi connectivity index (χ1n) is 4.90. The van der Waals surface area contributed by atoms with Crippen molar-refractivity contribution in [2.75, 3.05) is 5.32 Å². The molecule has 0 saturated carbocycles. The van der Waals surface area contributed by atoms with E-state index in [4.69, 9.17) is 11.6 Å². The maximum Gasteiger partial charge on any atom is 0.193 e. The number of benzene rings is 1. The standard InChI is InChI=1S/C12H9ClN2O2.V.Y/c1-7-3-4-9(8(2)5-7)12(16)14-11-10(13)6-17-15-11;;/h4,6H,1-2H3,(H,14,15,16);;/q-2;;. The minimum absolute atomic E-state index is 0. The van der Waals surface area contributed by atoms with E-state index >= 15 is 0 Å². The van der Waals surface area contributed by atoms with E-state index in [1.165, 1.54) is 6.26 Å². The van der Waals surface area contributed by atoms with E-state index in [1.54, 1.807) is 13.0 Å². The molecule has 1 aromatic carbocycles. The molecule has 2 aromatic rings. The summed E-state index contributed by atoms with van der Waals surface area (Å²) in [6, 6.07) is 7.56. The van der Waals surface area contributed by atoms with Crippen molar-refractivity contribution in [2.45, 2.75) is 13.8 Å². The van der Waals surface area contributed by atoms with Gasteiger partial charge in [-0.3, -0.25) is 22.0 Å². The van der Waals surface area contributed by atoms with Gasteiger partial charge in [-0.25, -0.2) is 0 Å². The molecule has 0 aliphatic rings. The van der Waals surface area contributed by atoms with Crippen LogP contribution in [-0.4, -0.2) is 11.1 Å². The number of rotatable bonds is 2. The van der Waals surface area contributed by atoms with Crippen LogP contribution in [0.1, 0.15) is 21.5 Å². The van der Waals surface area contributed by atoms with Crippen LogP contribution in [0.4, 0.5) is 5.82 Å². The van der Waals surface area contributed by atoms with Crippen molar-refractivity contribution >= 4 is 23.3 Å². The summed E-state index contributed by atoms with van der Waals surface area (Å²) >= 11 is 5.75. The van der Waals surface area contributed by atoms with Gasteiger partial charge in [-0.05, 0) is 0 Å². The van der Waals surface area contributed by atoms with Crippen molar-refractivity contribution in [3.63, 3.8) is 0 Å². The Morgan fingerprint density at radius 2 is 2.16 bits per heavy atom. The Hall–Kier alpha value is -0.122. The SMILES string of the molecule is Cc1[c-]cc(C(=O)Nc2nocc2Cl)c(C)[c-]1.[V].[Y]. The zero-order chi connectivity index (χ0) is 12.4. The number of anilines is 1. The molecule has 0 atom stereocenters. The van der Waals surface area contributed by atoms with Crippen molar-refractivity contribution in [3.05, 3.63) is 46.2 Å². The topological polar surface area (TPSA) is 55.1 Å². The number of nitrogens with zero attached hydrogens (tertiary/aromatic N) is 1. The molecule has 0 fully saturated rings. The second kappa shape index (κ2) is 8.23. The third-order valence-electron chi connectivity index (χ3n) is 2.21. The largest absolute Gasteiger partial charge is 0.361 e. The minimum atomic E-state index is -0.314. The van der Waals surface area contributed by atoms with Crippen LogP contribution in [0.15, 0.2) is 16.9 Å². The van der Waals surface area contributed by atoms with Gasteiger partial charge in [0.15, 0.2) is 5.82 Å². The summed E-state index contributed by atoms with van der Waals surface area (Å²) in [5.74, 6) is -0.109. The molecule has 0 spiro atoms. The van der Waals surface area contributed by atoms with Gasteiger partial charge >= 0.3 is 0 Å². The molecule has 1 amide bonds. The molecule has 0 bridgehead atoms. The minimum Gasteiger partial charge on any atom is -0.361 e. The number of carbonyl (C=O) groups is 1. The molecule has 7 heteroatoms. The summed E-state index contributed by atoms with van der Waals surface area (Å²) in [5.41, 5.74) is 2.09. The first-order valence-corrected chi connectivity index (χ1v) is 5.28. The van der Waals surface area contributed by atoms with Crippen LogP contribution in [0, 0.1) is 26.0 Å². The number of amides is 1. The van der Waals surface area contributed by atoms with Gasteiger partial charge < -0.3 is 22.0 Å². The Balaban J connectivity index is 0.00000162. The van der Waals surface area contributed by atoms with E-state index in [9.17, 15) is 4.79 Å². The number of hydrogen-bond donors (Lipinski definition) is 1. The molecule has 19 heavy (non-hydrogen) atoms. The second-order valence-electron chi connectivity index (χ2n) is 3.54. The zero-order valence-electron chi connectivity index (χ0n) is 10.3. The average Bonchev–Trinajstić information content (AvgIpc) is 2.64. The summed E-state index contributed by atoms with van der Waals surface area (Å²) in [7, 11) is 0. The molecular weight excluding hydrogens is 379 g/mol. The van der Waals surface area contributed by atoms with E-state index in [0.29, 0.717) is 5.56 Å². The summed E-state index contributed by atoms with van der Waals surface area (Å²) in [4.78, 5) is 11.9. The zero-order valence-corrected chi connectivity index (χ0v) is 15.3. The van der Waals surface area contributed by atoms with Crippen molar-refractivity contribution in [3.8, 4) is 0 Å². The van der Waals surface area contributed by atoms with E-state index in [1.807, 2.05) is 6.92 Å². The van der Waals surface area contributed by atoms with Gasteiger partial charge in [0, 0.05) is 51.3 Å². The molecule has 1 aromatic heterocycles. The fraction of sp³-hybridized carbons (Fsp3) is 0.167. The molecule has 1 heterocycles. The van der Waals surface area contributed by atoms with Gasteiger partial charge in [0.05, 0.1) is 0 Å². The molecule has 0 saturated heterocycles. The van der Waals surface area contributed by atoms with Gasteiger partial charge in [-0.2, -0.15) is 5.56 Å². The van der Waals surface area contributed by atoms with Crippen LogP contribution < -0.4 is 5.32 Å². The normalized spacial score (nSPS) is 9.21. The van der Waals surface area contributed by atoms with Crippen molar-refractivity contribution in [1.29, 1.82) is 0 Å². The molecule has 4 nitrogen and oxygen atoms in total. The maximum atomic E-state index is 11.9. The third-order valence-corrected chi connectivity index (χ3v) is 2.48. The van der Waals surface area contributed by atoms with E-state index < -0.39 is 0 Å². The molecule has 96 valence electrons. The fourth-order valence-corrected chi connectivity index (χ4v) is 1.51. The fourth-order valence-electron chi connectivity index (χ4n) is 1.39. The van der Waals surface area contributed by atoms with Crippen LogP contribution in [0.2, 0.25) is 5.02 Å². The first kappa shape index (κ1) is 18.9. The predicted molar refractivity (Wildman–Crippen MR) is 63.1 cm³/mol. The molecule has 0 aliphatic heterocycles. The molecule has 0 unspecified atom stereocenters. The number of aryl methyl sites for hydroxylation is 2. The quantitative estimate of drug-likeness (QED) is 0.805. The number of aromatic nitrogens is 1. The van der Waals surface area contributed by atoms with Crippen molar-refractivity contribution in [1.82, 2.24) is 5.16 Å². The van der Waals surface area contributed by atoms with Crippen molar-refractivity contribution in [2.24, 2.45) is 0 Å². The first-order chi connectivity index (χ1) is 8.08. The maximum absolute atomic E-state index is 11.9. The van der Waals surface area contributed by atoms with Gasteiger partial charge in [0.1, 0.15) is 17.2 Å². The van der Waals surface area contributed by atoms with Crippen LogP contribution in [0.5, 0.6) is 0 Å². The molecule has 0 aliphatic carbocycles. The van der Waals surface area contributed by atoms with E-state index in [0.717, 1.165) is 11.1 Å². The van der Waals surface area contributed by atoms with Gasteiger partial charge in [0.2, 0.25) is 0 Å². The number of carbonyl (C=O) groups excluding carboxylic acids is 1. The van der Waals surface area contributed by atoms with E-state index in [2.05, 4.69) is 27.1 Å². The van der Waals surface area contributed by atoms with Crippen LogP contribution in [-0.2, 0) is 51.3 Å². The Kier molecular flexibility index (Phi) is 8.18. The number of hydrogen-bond acceptors (Lipinski definition) is 3. The smallest absolute Gasteiger partial charge is 0.193 e. The van der Waals surface area contributed by atoms with Crippen molar-refractivity contribution < 1.29 is 60.6 Å². The van der Waals surface area contributed by atoms with Gasteiger partial charge in [0.25, 0.3) is 0 Å². The summed E-state index contributed by atoms with van der Waals surface area (Å²) in [5, 5.41) is 6.38. The van der Waals surface area contributed by atoms with Gasteiger partial charge in [-0.1, -0.05) is 30.6 Å². The molecule has 1 N–H and O–H groups in total. The predicted octanol–water partition coefficient (Wildman–Crippen LogP) is 2.79. The molecule has 2 rings (SSSR count).